The van der Waals surface area contributed by atoms with Crippen LogP contribution in [-0.4, -0.2) is 25.6 Å². The van der Waals surface area contributed by atoms with Crippen molar-refractivity contribution in [3.05, 3.63) is 29.5 Å². The molecule has 0 atom stereocenters. The van der Waals surface area contributed by atoms with E-state index in [1.807, 2.05) is 0 Å². The lowest BCUT2D eigenvalue weighted by atomic mass is 10.1. The van der Waals surface area contributed by atoms with E-state index in [1.165, 1.54) is 22.9 Å². The van der Waals surface area contributed by atoms with E-state index in [9.17, 15) is 4.79 Å². The summed E-state index contributed by atoms with van der Waals surface area (Å²) in [6.07, 6.45) is 0. The molecular formula is C13H11N3O2S2. The number of rotatable bonds is 3. The molecule has 102 valence electrons. The maximum atomic E-state index is 11.0. The molecule has 5 nitrogen and oxygen atoms in total. The topological polar surface area (TPSA) is 76.0 Å². The minimum Gasteiger partial charge on any atom is -0.478 e. The molecule has 0 aliphatic carbocycles. The van der Waals surface area contributed by atoms with Crippen molar-refractivity contribution >= 4 is 39.1 Å². The number of thiazole rings is 1. The molecule has 0 bridgehead atoms. The molecule has 2 aromatic heterocycles. The van der Waals surface area contributed by atoms with Gasteiger partial charge in [-0.05, 0) is 35.6 Å². The maximum absolute atomic E-state index is 11.0. The van der Waals surface area contributed by atoms with Crippen molar-refractivity contribution in [1.82, 2.24) is 14.6 Å². The van der Waals surface area contributed by atoms with E-state index >= 15 is 0 Å². The van der Waals surface area contributed by atoms with Crippen molar-refractivity contribution in [3.8, 4) is 9.88 Å². The van der Waals surface area contributed by atoms with E-state index < -0.39 is 5.97 Å². The SMILES string of the molecule is CC(C)c1nnsc1-c1nc2ccc(C(=O)O)cc2s1. The summed E-state index contributed by atoms with van der Waals surface area (Å²) in [6, 6.07) is 4.97. The number of fused-ring (bicyclic) bond motifs is 1. The predicted octanol–water partition coefficient (Wildman–Crippen LogP) is 3.64. The Kier molecular flexibility index (Phi) is 3.23. The third kappa shape index (κ3) is 2.19. The molecule has 3 rings (SSSR count). The summed E-state index contributed by atoms with van der Waals surface area (Å²) in [6.45, 7) is 4.13. The third-order valence-electron chi connectivity index (χ3n) is 2.89. The van der Waals surface area contributed by atoms with Crippen molar-refractivity contribution < 1.29 is 9.90 Å². The van der Waals surface area contributed by atoms with Crippen molar-refractivity contribution in [3.63, 3.8) is 0 Å². The average Bonchev–Trinajstić information content (AvgIpc) is 3.03. The first-order chi connectivity index (χ1) is 9.56. The van der Waals surface area contributed by atoms with E-state index in [0.717, 1.165) is 25.8 Å². The molecule has 0 spiro atoms. The number of aromatic nitrogens is 3. The Bertz CT molecular complexity index is 792. The van der Waals surface area contributed by atoms with Crippen molar-refractivity contribution in [2.45, 2.75) is 19.8 Å². The summed E-state index contributed by atoms with van der Waals surface area (Å²) >= 11 is 2.80. The Labute approximate surface area is 123 Å². The monoisotopic (exact) mass is 305 g/mol. The Morgan fingerprint density at radius 2 is 2.15 bits per heavy atom. The number of hydrogen-bond acceptors (Lipinski definition) is 6. The van der Waals surface area contributed by atoms with Crippen LogP contribution in [0.5, 0.6) is 0 Å². The zero-order chi connectivity index (χ0) is 14.3. The summed E-state index contributed by atoms with van der Waals surface area (Å²) < 4.78 is 4.86. The first-order valence-corrected chi connectivity index (χ1v) is 7.61. The fraction of sp³-hybridized carbons (Fsp3) is 0.231. The van der Waals surface area contributed by atoms with Gasteiger partial charge in [0.25, 0.3) is 0 Å². The lowest BCUT2D eigenvalue weighted by molar-refractivity contribution is 0.0697. The smallest absolute Gasteiger partial charge is 0.335 e. The Morgan fingerprint density at radius 1 is 1.35 bits per heavy atom. The van der Waals surface area contributed by atoms with Crippen LogP contribution in [0.3, 0.4) is 0 Å². The van der Waals surface area contributed by atoms with Crippen LogP contribution < -0.4 is 0 Å². The predicted molar refractivity (Wildman–Crippen MR) is 79.6 cm³/mol. The van der Waals surface area contributed by atoms with E-state index in [1.54, 1.807) is 18.2 Å². The van der Waals surface area contributed by atoms with Gasteiger partial charge in [-0.1, -0.05) is 18.3 Å². The second kappa shape index (κ2) is 4.92. The molecule has 0 amide bonds. The molecule has 0 unspecified atom stereocenters. The van der Waals surface area contributed by atoms with Gasteiger partial charge in [0, 0.05) is 0 Å². The lowest BCUT2D eigenvalue weighted by Gasteiger charge is -1.99. The van der Waals surface area contributed by atoms with Gasteiger partial charge in [0.15, 0.2) is 0 Å². The molecule has 0 saturated carbocycles. The molecule has 20 heavy (non-hydrogen) atoms. The Morgan fingerprint density at radius 3 is 2.85 bits per heavy atom. The lowest BCUT2D eigenvalue weighted by Crippen LogP contribution is -1.94. The average molecular weight is 305 g/mol. The maximum Gasteiger partial charge on any atom is 0.335 e. The molecule has 1 N–H and O–H groups in total. The number of aromatic carboxylic acids is 1. The van der Waals surface area contributed by atoms with Gasteiger partial charge in [0.05, 0.1) is 21.5 Å². The number of nitrogens with zero attached hydrogens (tertiary/aromatic N) is 3. The van der Waals surface area contributed by atoms with Crippen LogP contribution in [0.4, 0.5) is 0 Å². The number of benzene rings is 1. The van der Waals surface area contributed by atoms with Crippen LogP contribution in [0.1, 0.15) is 35.8 Å². The number of carboxylic acid groups (broad SMARTS) is 1. The molecule has 0 radical (unpaired) electrons. The minimum atomic E-state index is -0.927. The van der Waals surface area contributed by atoms with E-state index in [4.69, 9.17) is 5.11 Å². The zero-order valence-corrected chi connectivity index (χ0v) is 12.5. The first kappa shape index (κ1) is 13.1. The fourth-order valence-corrected chi connectivity index (χ4v) is 3.77. The molecular weight excluding hydrogens is 294 g/mol. The number of carboxylic acids is 1. The first-order valence-electron chi connectivity index (χ1n) is 6.02. The molecule has 0 fully saturated rings. The highest BCUT2D eigenvalue weighted by Gasteiger charge is 2.17. The van der Waals surface area contributed by atoms with Gasteiger partial charge in [0.2, 0.25) is 0 Å². The minimum absolute atomic E-state index is 0.277. The second-order valence-corrected chi connectivity index (χ2v) is 6.43. The quantitative estimate of drug-likeness (QED) is 0.799. The molecule has 1 aromatic carbocycles. The largest absolute Gasteiger partial charge is 0.478 e. The summed E-state index contributed by atoms with van der Waals surface area (Å²) in [5.41, 5.74) is 2.02. The van der Waals surface area contributed by atoms with Crippen molar-refractivity contribution in [2.24, 2.45) is 0 Å². The molecule has 0 aliphatic rings. The standard InChI is InChI=1S/C13H11N3O2S2/c1-6(2)10-11(20-16-15-10)12-14-8-4-3-7(13(17)18)5-9(8)19-12/h3-6H,1-2H3,(H,17,18). The van der Waals surface area contributed by atoms with E-state index in [2.05, 4.69) is 28.4 Å². The van der Waals surface area contributed by atoms with Crippen LogP contribution in [0.2, 0.25) is 0 Å². The number of carbonyl (C=O) groups is 1. The summed E-state index contributed by atoms with van der Waals surface area (Å²) in [5.74, 6) is -0.644. The molecule has 0 saturated heterocycles. The molecule has 2 heterocycles. The van der Waals surface area contributed by atoms with E-state index in [0.29, 0.717) is 0 Å². The van der Waals surface area contributed by atoms with Gasteiger partial charge in [-0.25, -0.2) is 9.78 Å². The Hall–Kier alpha value is -1.86. The summed E-state index contributed by atoms with van der Waals surface area (Å²) in [5, 5.41) is 14.0. The highest BCUT2D eigenvalue weighted by molar-refractivity contribution is 7.24. The van der Waals surface area contributed by atoms with Crippen LogP contribution >= 0.6 is 22.9 Å². The molecule has 7 heteroatoms. The van der Waals surface area contributed by atoms with Gasteiger partial charge in [-0.15, -0.1) is 16.4 Å². The third-order valence-corrected chi connectivity index (χ3v) is 4.80. The van der Waals surface area contributed by atoms with Gasteiger partial charge >= 0.3 is 5.97 Å². The van der Waals surface area contributed by atoms with Gasteiger partial charge in [-0.3, -0.25) is 0 Å². The fourth-order valence-electron chi connectivity index (χ4n) is 1.88. The van der Waals surface area contributed by atoms with Gasteiger partial charge in [-0.2, -0.15) is 0 Å². The van der Waals surface area contributed by atoms with Crippen LogP contribution in [0, 0.1) is 0 Å². The van der Waals surface area contributed by atoms with Crippen LogP contribution in [0.15, 0.2) is 18.2 Å². The van der Waals surface area contributed by atoms with Crippen molar-refractivity contribution in [1.29, 1.82) is 0 Å². The van der Waals surface area contributed by atoms with Gasteiger partial charge < -0.3 is 5.11 Å². The normalized spacial score (nSPS) is 11.3. The Balaban J connectivity index is 2.13. The molecule has 3 aromatic rings. The highest BCUT2D eigenvalue weighted by Crippen LogP contribution is 2.36. The van der Waals surface area contributed by atoms with Crippen LogP contribution in [0.25, 0.3) is 20.1 Å². The second-order valence-electron chi connectivity index (χ2n) is 4.65. The van der Waals surface area contributed by atoms with Crippen LogP contribution in [-0.2, 0) is 0 Å². The zero-order valence-electron chi connectivity index (χ0n) is 10.8. The summed E-state index contributed by atoms with van der Waals surface area (Å²) in [4.78, 5) is 16.5. The highest BCUT2D eigenvalue weighted by atomic mass is 32.1. The summed E-state index contributed by atoms with van der Waals surface area (Å²) in [7, 11) is 0. The molecule has 0 aliphatic heterocycles. The number of hydrogen-bond donors (Lipinski definition) is 1. The van der Waals surface area contributed by atoms with Gasteiger partial charge in [0.1, 0.15) is 9.88 Å². The van der Waals surface area contributed by atoms with Crippen molar-refractivity contribution in [2.75, 3.05) is 0 Å². The van der Waals surface area contributed by atoms with E-state index in [-0.39, 0.29) is 11.5 Å².